The van der Waals surface area contributed by atoms with Gasteiger partial charge >= 0.3 is 6.09 Å². The Morgan fingerprint density at radius 1 is 1.62 bits per heavy atom. The van der Waals surface area contributed by atoms with Crippen LogP contribution in [0.4, 0.5) is 4.79 Å². The lowest BCUT2D eigenvalue weighted by molar-refractivity contribution is -0.129. The van der Waals surface area contributed by atoms with E-state index in [0.29, 0.717) is 5.75 Å². The topological polar surface area (TPSA) is 82.4 Å². The maximum Gasteiger partial charge on any atom is 0.407 e. The van der Waals surface area contributed by atoms with E-state index in [2.05, 4.69) is 10.1 Å². The summed E-state index contributed by atoms with van der Waals surface area (Å²) in [6.07, 6.45) is 2.89. The van der Waals surface area contributed by atoms with E-state index in [1.807, 2.05) is 6.26 Å². The summed E-state index contributed by atoms with van der Waals surface area (Å²) in [5.74, 6) is -0.0312. The highest BCUT2D eigenvalue weighted by atomic mass is 32.2. The molecule has 7 heteroatoms. The largest absolute Gasteiger partial charge is 0.453 e. The molecule has 0 aromatic heterocycles. The van der Waals surface area contributed by atoms with Crippen LogP contribution in [0.25, 0.3) is 0 Å². The molecule has 1 unspecified atom stereocenters. The summed E-state index contributed by atoms with van der Waals surface area (Å²) in [5.41, 5.74) is 0. The fourth-order valence-electron chi connectivity index (χ4n) is 1.01. The molecule has 1 atom stereocenters. The lowest BCUT2D eigenvalue weighted by Crippen LogP contribution is -2.48. The van der Waals surface area contributed by atoms with E-state index < -0.39 is 18.0 Å². The number of methoxy groups -OCH3 is 1. The number of carbonyl (C=O) groups is 2. The minimum atomic E-state index is -0.734. The van der Waals surface area contributed by atoms with Crippen molar-refractivity contribution in [3.63, 3.8) is 0 Å². The number of rotatable bonds is 5. The SMILES string of the molecule is CCN(C#N)C(=O)C(CSC)NC(=O)OC. The van der Waals surface area contributed by atoms with Crippen molar-refractivity contribution in [3.8, 4) is 6.19 Å². The molecule has 16 heavy (non-hydrogen) atoms. The van der Waals surface area contributed by atoms with Gasteiger partial charge in [-0.25, -0.2) is 9.69 Å². The lowest BCUT2D eigenvalue weighted by atomic mass is 10.3. The molecule has 0 saturated heterocycles. The zero-order valence-corrected chi connectivity index (χ0v) is 10.3. The number of nitriles is 1. The van der Waals surface area contributed by atoms with Crippen LogP contribution in [0.5, 0.6) is 0 Å². The van der Waals surface area contributed by atoms with Gasteiger partial charge in [0, 0.05) is 12.3 Å². The summed E-state index contributed by atoms with van der Waals surface area (Å²) in [6.45, 7) is 1.97. The van der Waals surface area contributed by atoms with Gasteiger partial charge in [0.2, 0.25) is 0 Å². The maximum absolute atomic E-state index is 11.8. The minimum Gasteiger partial charge on any atom is -0.453 e. The van der Waals surface area contributed by atoms with Gasteiger partial charge in [-0.05, 0) is 13.2 Å². The fourth-order valence-corrected chi connectivity index (χ4v) is 1.57. The first-order valence-corrected chi connectivity index (χ1v) is 6.04. The van der Waals surface area contributed by atoms with Crippen LogP contribution in [0.3, 0.4) is 0 Å². The zero-order chi connectivity index (χ0) is 12.6. The molecule has 0 spiro atoms. The van der Waals surface area contributed by atoms with Crippen molar-refractivity contribution in [1.82, 2.24) is 10.2 Å². The zero-order valence-electron chi connectivity index (χ0n) is 9.52. The number of hydrogen-bond acceptors (Lipinski definition) is 5. The lowest BCUT2D eigenvalue weighted by Gasteiger charge is -2.20. The second kappa shape index (κ2) is 7.82. The molecule has 90 valence electrons. The second-order valence-electron chi connectivity index (χ2n) is 2.83. The Bertz CT molecular complexity index is 290. The summed E-state index contributed by atoms with van der Waals surface area (Å²) in [6, 6.07) is -0.734. The first-order valence-electron chi connectivity index (χ1n) is 4.65. The van der Waals surface area contributed by atoms with Crippen LogP contribution in [0, 0.1) is 11.5 Å². The Kier molecular flexibility index (Phi) is 7.12. The fraction of sp³-hybridized carbons (Fsp3) is 0.667. The molecule has 6 nitrogen and oxygen atoms in total. The first-order chi connectivity index (χ1) is 7.60. The minimum absolute atomic E-state index is 0.281. The van der Waals surface area contributed by atoms with Crippen molar-refractivity contribution in [2.75, 3.05) is 25.7 Å². The van der Waals surface area contributed by atoms with Gasteiger partial charge in [0.25, 0.3) is 5.91 Å². The highest BCUT2D eigenvalue weighted by Crippen LogP contribution is 2.02. The van der Waals surface area contributed by atoms with E-state index in [1.165, 1.54) is 18.9 Å². The average Bonchev–Trinajstić information content (AvgIpc) is 2.29. The molecule has 1 N–H and O–H groups in total. The molecule has 0 aliphatic heterocycles. The van der Waals surface area contributed by atoms with Gasteiger partial charge in [-0.3, -0.25) is 4.79 Å². The number of alkyl carbamates (subject to hydrolysis) is 1. The third-order valence-corrected chi connectivity index (χ3v) is 2.48. The van der Waals surface area contributed by atoms with Gasteiger partial charge in [0.15, 0.2) is 6.19 Å². The molecule has 0 heterocycles. The first kappa shape index (κ1) is 14.6. The van der Waals surface area contributed by atoms with Crippen molar-refractivity contribution in [3.05, 3.63) is 0 Å². The number of likely N-dealkylation sites (N-methyl/N-ethyl adjacent to an activating group) is 1. The van der Waals surface area contributed by atoms with E-state index in [-0.39, 0.29) is 6.54 Å². The Hall–Kier alpha value is -1.42. The number of ether oxygens (including phenoxy) is 1. The Balaban J connectivity index is 4.58. The molecule has 0 rings (SSSR count). The van der Waals surface area contributed by atoms with Gasteiger partial charge in [0.05, 0.1) is 7.11 Å². The molecule has 0 aromatic rings. The molecule has 0 aliphatic rings. The molecule has 0 bridgehead atoms. The molecule has 0 radical (unpaired) electrons. The van der Waals surface area contributed by atoms with Crippen molar-refractivity contribution in [2.24, 2.45) is 0 Å². The van der Waals surface area contributed by atoms with Crippen molar-refractivity contribution < 1.29 is 14.3 Å². The highest BCUT2D eigenvalue weighted by Gasteiger charge is 2.25. The van der Waals surface area contributed by atoms with Crippen LogP contribution in [0.2, 0.25) is 0 Å². The van der Waals surface area contributed by atoms with Crippen molar-refractivity contribution in [2.45, 2.75) is 13.0 Å². The number of carbonyl (C=O) groups excluding carboxylic acids is 2. The number of hydrogen-bond donors (Lipinski definition) is 1. The molecule has 0 aliphatic carbocycles. The van der Waals surface area contributed by atoms with Gasteiger partial charge in [-0.15, -0.1) is 0 Å². The highest BCUT2D eigenvalue weighted by molar-refractivity contribution is 7.98. The Morgan fingerprint density at radius 2 is 2.25 bits per heavy atom. The van der Waals surface area contributed by atoms with Crippen LogP contribution in [-0.2, 0) is 9.53 Å². The Morgan fingerprint density at radius 3 is 2.62 bits per heavy atom. The molecule has 0 aromatic carbocycles. The third-order valence-electron chi connectivity index (χ3n) is 1.81. The molecule has 0 fully saturated rings. The monoisotopic (exact) mass is 245 g/mol. The molecule has 0 saturated carbocycles. The number of amides is 2. The summed E-state index contributed by atoms with van der Waals surface area (Å²) < 4.78 is 4.41. The molecular weight excluding hydrogens is 230 g/mol. The summed E-state index contributed by atoms with van der Waals surface area (Å²) >= 11 is 1.40. The average molecular weight is 245 g/mol. The van der Waals surface area contributed by atoms with Gasteiger partial charge < -0.3 is 10.1 Å². The van der Waals surface area contributed by atoms with Crippen LogP contribution >= 0.6 is 11.8 Å². The standard InChI is InChI=1S/C9H15N3O3S/c1-4-12(6-10)8(13)7(5-16-3)11-9(14)15-2/h7H,4-5H2,1-3H3,(H,11,14). The Labute approximate surface area is 98.9 Å². The van der Waals surface area contributed by atoms with E-state index in [4.69, 9.17) is 5.26 Å². The van der Waals surface area contributed by atoms with E-state index in [9.17, 15) is 9.59 Å². The van der Waals surface area contributed by atoms with Crippen LogP contribution in [0.15, 0.2) is 0 Å². The smallest absolute Gasteiger partial charge is 0.407 e. The van der Waals surface area contributed by atoms with E-state index in [0.717, 1.165) is 4.90 Å². The second-order valence-corrected chi connectivity index (χ2v) is 3.74. The number of thioether (sulfide) groups is 1. The number of nitrogens with zero attached hydrogens (tertiary/aromatic N) is 2. The quantitative estimate of drug-likeness (QED) is 0.560. The molecule has 2 amide bonds. The third kappa shape index (κ3) is 4.40. The maximum atomic E-state index is 11.8. The summed E-state index contributed by atoms with van der Waals surface area (Å²) in [5, 5.41) is 11.1. The van der Waals surface area contributed by atoms with Crippen molar-refractivity contribution >= 4 is 23.8 Å². The van der Waals surface area contributed by atoms with Gasteiger partial charge in [-0.2, -0.15) is 17.0 Å². The van der Waals surface area contributed by atoms with Crippen LogP contribution in [-0.4, -0.2) is 48.6 Å². The summed E-state index contributed by atoms with van der Waals surface area (Å²) in [4.78, 5) is 23.8. The predicted molar refractivity (Wildman–Crippen MR) is 60.7 cm³/mol. The molecular formula is C9H15N3O3S. The van der Waals surface area contributed by atoms with E-state index >= 15 is 0 Å². The van der Waals surface area contributed by atoms with Crippen LogP contribution in [0.1, 0.15) is 6.92 Å². The van der Waals surface area contributed by atoms with Crippen molar-refractivity contribution in [1.29, 1.82) is 5.26 Å². The normalized spacial score (nSPS) is 11.1. The number of nitrogens with one attached hydrogen (secondary N) is 1. The van der Waals surface area contributed by atoms with Crippen LogP contribution < -0.4 is 5.32 Å². The predicted octanol–water partition coefficient (Wildman–Crippen LogP) is 0.404. The summed E-state index contributed by atoms with van der Waals surface area (Å²) in [7, 11) is 1.22. The van der Waals surface area contributed by atoms with E-state index in [1.54, 1.807) is 13.1 Å². The van der Waals surface area contributed by atoms with Gasteiger partial charge in [-0.1, -0.05) is 0 Å². The van der Waals surface area contributed by atoms with Gasteiger partial charge in [0.1, 0.15) is 6.04 Å².